The molecule has 0 saturated heterocycles. The Balaban J connectivity index is 0.711. The quantitative estimate of drug-likeness (QED) is 0.110. The number of fused-ring (bicyclic) bond motifs is 9. The van der Waals surface area contributed by atoms with Gasteiger partial charge < -0.3 is 8.83 Å². The zero-order chi connectivity index (χ0) is 66.0. The van der Waals surface area contributed by atoms with Crippen LogP contribution < -0.4 is 0 Å². The van der Waals surface area contributed by atoms with E-state index in [0.29, 0.717) is 11.6 Å². The molecule has 7 aromatic heterocycles. The van der Waals surface area contributed by atoms with Gasteiger partial charge in [-0.2, -0.15) is 0 Å². The number of hydrogen-bond acceptors (Lipinski definition) is 9. The maximum atomic E-state index is 6.18. The fraction of sp³-hybridized carbons (Fsp3) is 0. The van der Waals surface area contributed by atoms with Crippen molar-refractivity contribution >= 4 is 65.4 Å². The van der Waals surface area contributed by atoms with E-state index in [0.717, 1.165) is 188 Å². The lowest BCUT2D eigenvalue weighted by molar-refractivity contribution is 0.668. The zero-order valence-electron chi connectivity index (χ0n) is 53.7. The number of rotatable bonds is 12. The molecule has 0 atom stereocenters. The highest BCUT2D eigenvalue weighted by atomic mass is 16.3. The molecule has 9 heteroatoms. The molecule has 100 heavy (non-hydrogen) atoms. The predicted molar refractivity (Wildman–Crippen MR) is 406 cm³/mol. The number of hydrogen-bond donors (Lipinski definition) is 0. The summed E-state index contributed by atoms with van der Waals surface area (Å²) in [4.78, 5) is 35.3. The molecular formula is C91H55N7O2. The van der Waals surface area contributed by atoms with E-state index in [1.54, 1.807) is 18.6 Å². The van der Waals surface area contributed by atoms with Gasteiger partial charge in [0.2, 0.25) is 0 Å². The van der Waals surface area contributed by atoms with Gasteiger partial charge in [-0.05, 0) is 162 Å². The van der Waals surface area contributed by atoms with Gasteiger partial charge in [-0.3, -0.25) is 15.0 Å². The van der Waals surface area contributed by atoms with Crippen molar-refractivity contribution in [2.45, 2.75) is 0 Å². The number of benzene rings is 12. The van der Waals surface area contributed by atoms with E-state index in [2.05, 4.69) is 258 Å². The minimum absolute atomic E-state index is 0.580. The Kier molecular flexibility index (Phi) is 14.0. The van der Waals surface area contributed by atoms with Crippen LogP contribution in [0.4, 0.5) is 0 Å². The average molecular weight is 1280 g/mol. The number of furan rings is 2. The third-order valence-electron chi connectivity index (χ3n) is 19.3. The van der Waals surface area contributed by atoms with Gasteiger partial charge in [0.25, 0.3) is 0 Å². The van der Waals surface area contributed by atoms with Crippen molar-refractivity contribution in [3.8, 4) is 135 Å². The van der Waals surface area contributed by atoms with Crippen LogP contribution in [0.1, 0.15) is 0 Å². The minimum Gasteiger partial charge on any atom is -0.456 e. The van der Waals surface area contributed by atoms with Crippen molar-refractivity contribution in [2.24, 2.45) is 0 Å². The average Bonchev–Trinajstić information content (AvgIpc) is 1.28. The van der Waals surface area contributed by atoms with Gasteiger partial charge in [0.1, 0.15) is 22.3 Å². The van der Waals surface area contributed by atoms with Crippen LogP contribution in [0.15, 0.2) is 343 Å². The van der Waals surface area contributed by atoms with Crippen LogP contribution in [-0.2, 0) is 0 Å². The van der Waals surface area contributed by atoms with Crippen molar-refractivity contribution in [3.05, 3.63) is 334 Å². The van der Waals surface area contributed by atoms with Crippen LogP contribution in [0.5, 0.6) is 0 Å². The highest BCUT2D eigenvalue weighted by Crippen LogP contribution is 2.45. The first kappa shape index (κ1) is 57.8. The predicted octanol–water partition coefficient (Wildman–Crippen LogP) is 23.6. The van der Waals surface area contributed by atoms with Gasteiger partial charge in [0, 0.05) is 103 Å². The van der Waals surface area contributed by atoms with Gasteiger partial charge in [-0.1, -0.05) is 212 Å². The van der Waals surface area contributed by atoms with E-state index in [1.165, 1.54) is 0 Å². The fourth-order valence-corrected chi connectivity index (χ4v) is 14.3. The molecule has 0 aliphatic heterocycles. The Hall–Kier alpha value is -13.6. The number of pyridine rings is 3. The summed E-state index contributed by atoms with van der Waals surface area (Å²) in [5.74, 6) is 1.20. The Labute approximate surface area is 574 Å². The first-order chi connectivity index (χ1) is 49.5. The lowest BCUT2D eigenvalue weighted by Gasteiger charge is -2.17. The summed E-state index contributed by atoms with van der Waals surface area (Å²) in [6, 6.07) is 104. The summed E-state index contributed by atoms with van der Waals surface area (Å²) in [6.45, 7) is 0. The zero-order valence-corrected chi connectivity index (χ0v) is 53.7. The second-order valence-corrected chi connectivity index (χ2v) is 25.2. The van der Waals surface area contributed by atoms with Gasteiger partial charge in [0.15, 0.2) is 11.6 Å². The van der Waals surface area contributed by atoms with Crippen LogP contribution in [0.2, 0.25) is 0 Å². The Morgan fingerprint density at radius 3 is 1.16 bits per heavy atom. The van der Waals surface area contributed by atoms with E-state index < -0.39 is 0 Å². The van der Waals surface area contributed by atoms with Crippen molar-refractivity contribution in [1.29, 1.82) is 0 Å². The molecular weight excluding hydrogens is 1220 g/mol. The summed E-state index contributed by atoms with van der Waals surface area (Å²) in [6.07, 6.45) is 11.1. The Morgan fingerprint density at radius 2 is 0.610 bits per heavy atom. The van der Waals surface area contributed by atoms with Gasteiger partial charge in [-0.15, -0.1) is 0 Å². The second kappa shape index (κ2) is 24.2. The normalized spacial score (nSPS) is 11.6. The lowest BCUT2D eigenvalue weighted by atomic mass is 9.87. The first-order valence-electron chi connectivity index (χ1n) is 33.4. The van der Waals surface area contributed by atoms with Crippen molar-refractivity contribution in [1.82, 2.24) is 34.9 Å². The van der Waals surface area contributed by atoms with E-state index in [9.17, 15) is 0 Å². The molecule has 0 aliphatic rings. The van der Waals surface area contributed by atoms with E-state index >= 15 is 0 Å². The molecule has 12 aromatic carbocycles. The van der Waals surface area contributed by atoms with Crippen molar-refractivity contribution in [2.75, 3.05) is 0 Å². The van der Waals surface area contributed by atoms with E-state index in [-0.39, 0.29) is 0 Å². The third kappa shape index (κ3) is 10.4. The van der Waals surface area contributed by atoms with Crippen molar-refractivity contribution in [3.63, 3.8) is 0 Å². The van der Waals surface area contributed by atoms with Crippen LogP contribution in [0.25, 0.3) is 200 Å². The molecule has 19 rings (SSSR count). The molecule has 0 aliphatic carbocycles. The largest absolute Gasteiger partial charge is 0.456 e. The molecule has 0 bridgehead atoms. The van der Waals surface area contributed by atoms with Crippen LogP contribution in [0, 0.1) is 0 Å². The molecule has 7 heterocycles. The molecule has 0 fully saturated rings. The van der Waals surface area contributed by atoms with Gasteiger partial charge in [0.05, 0.1) is 22.8 Å². The first-order valence-corrected chi connectivity index (χ1v) is 33.4. The van der Waals surface area contributed by atoms with Crippen LogP contribution in [0.3, 0.4) is 0 Å². The molecule has 0 radical (unpaired) electrons. The monoisotopic (exact) mass is 1280 g/mol. The molecule has 0 amide bonds. The summed E-state index contributed by atoms with van der Waals surface area (Å²) in [5, 5.41) is 8.94. The van der Waals surface area contributed by atoms with Crippen LogP contribution in [-0.4, -0.2) is 34.9 Å². The molecule has 0 unspecified atom stereocenters. The summed E-state index contributed by atoms with van der Waals surface area (Å²) < 4.78 is 12.4. The number of aromatic nitrogens is 7. The standard InChI is InChI=1S/C91H55N7O2/c1-2-18-71-64(13-1)49-77(58-30-36-61(37-31-58)82-51-81(95-90(96-82)76-21-4-3-17-69(76)66-14-10-44-92-53-66)59-32-26-56(27-33-59)62-39-42-87-78(47-62)73-19-5-7-24-85(73)99-87)75-23-9-22-72(89(71)75)65-38-41-70(67-15-11-45-93-54-67)80(50-65)91-97-83(52-84(98-91)68-16-12-46-94-55-68)60-34-28-57(29-35-60)63-40-43-88-79(48-63)74-20-6-8-25-86(74)100-88/h1-55H. The Morgan fingerprint density at radius 1 is 0.200 bits per heavy atom. The maximum absolute atomic E-state index is 6.18. The molecule has 0 N–H and O–H groups in total. The molecule has 9 nitrogen and oxygen atoms in total. The summed E-state index contributed by atoms with van der Waals surface area (Å²) in [7, 11) is 0. The number of nitrogens with zero attached hydrogens (tertiary/aromatic N) is 7. The lowest BCUT2D eigenvalue weighted by Crippen LogP contribution is -1.98. The molecule has 0 saturated carbocycles. The molecule has 19 aromatic rings. The summed E-state index contributed by atoms with van der Waals surface area (Å²) in [5.41, 5.74) is 24.8. The fourth-order valence-electron chi connectivity index (χ4n) is 14.3. The molecule has 0 spiro atoms. The van der Waals surface area contributed by atoms with Crippen LogP contribution >= 0.6 is 0 Å². The highest BCUT2D eigenvalue weighted by molar-refractivity contribution is 6.19. The third-order valence-corrected chi connectivity index (χ3v) is 19.3. The minimum atomic E-state index is 0.580. The van der Waals surface area contributed by atoms with Crippen molar-refractivity contribution < 1.29 is 8.83 Å². The second-order valence-electron chi connectivity index (χ2n) is 25.2. The molecule has 466 valence electrons. The smallest absolute Gasteiger partial charge is 0.161 e. The van der Waals surface area contributed by atoms with Gasteiger partial charge in [-0.25, -0.2) is 19.9 Å². The SMILES string of the molecule is c1cncc(-c2cc(-c3ccc(-c4ccc5oc6ccccc6c5c4)cc3)nc(-c3cc(-c4cccc5c(-c6ccc(-c7cc(-c8ccc(-c9ccc%10oc%11ccccc%11c%10c9)cc8)nc(-c8ccccc8-c8cccnc8)n7)cc6)cc6ccccc6c45)ccc3-c3cccnc3)n2)c1. The number of para-hydroxylation sites is 2. The van der Waals surface area contributed by atoms with E-state index in [1.807, 2.05) is 73.2 Å². The topological polar surface area (TPSA) is 117 Å². The van der Waals surface area contributed by atoms with E-state index in [4.69, 9.17) is 28.8 Å². The maximum Gasteiger partial charge on any atom is 0.161 e. The Bertz CT molecular complexity index is 6370. The summed E-state index contributed by atoms with van der Waals surface area (Å²) >= 11 is 0. The van der Waals surface area contributed by atoms with Gasteiger partial charge >= 0.3 is 0 Å². The highest BCUT2D eigenvalue weighted by Gasteiger charge is 2.22.